The fourth-order valence-corrected chi connectivity index (χ4v) is 1.12. The Morgan fingerprint density at radius 1 is 1.44 bits per heavy atom. The average Bonchev–Trinajstić information content (AvgIpc) is 1.86. The standard InChI is InChI=1S/C7H16ClN/c1-4-7(9,5-2)6(3)8/h6H,4-5,9H2,1-3H3. The zero-order chi connectivity index (χ0) is 7.49. The lowest BCUT2D eigenvalue weighted by molar-refractivity contribution is 0.389. The molecule has 0 spiro atoms. The third-order valence-electron chi connectivity index (χ3n) is 2.11. The van der Waals surface area contributed by atoms with Crippen LogP contribution in [0, 0.1) is 0 Å². The second-order valence-electron chi connectivity index (χ2n) is 2.56. The van der Waals surface area contributed by atoms with Crippen LogP contribution >= 0.6 is 11.6 Å². The minimum atomic E-state index is -0.151. The summed E-state index contributed by atoms with van der Waals surface area (Å²) in [5.74, 6) is 0. The van der Waals surface area contributed by atoms with Crippen LogP contribution in [0.15, 0.2) is 0 Å². The summed E-state index contributed by atoms with van der Waals surface area (Å²) in [6.45, 7) is 6.10. The summed E-state index contributed by atoms with van der Waals surface area (Å²) in [4.78, 5) is 0. The van der Waals surface area contributed by atoms with Crippen LogP contribution < -0.4 is 5.73 Å². The van der Waals surface area contributed by atoms with Gasteiger partial charge in [-0.3, -0.25) is 0 Å². The lowest BCUT2D eigenvalue weighted by atomic mass is 9.91. The van der Waals surface area contributed by atoms with Crippen molar-refractivity contribution < 1.29 is 0 Å². The highest BCUT2D eigenvalue weighted by Gasteiger charge is 2.25. The van der Waals surface area contributed by atoms with Crippen LogP contribution in [0.2, 0.25) is 0 Å². The van der Waals surface area contributed by atoms with Crippen molar-refractivity contribution in [1.29, 1.82) is 0 Å². The van der Waals surface area contributed by atoms with Gasteiger partial charge in [0.2, 0.25) is 0 Å². The van der Waals surface area contributed by atoms with Gasteiger partial charge in [0.25, 0.3) is 0 Å². The number of hydrogen-bond acceptors (Lipinski definition) is 1. The zero-order valence-corrected chi connectivity index (χ0v) is 7.20. The van der Waals surface area contributed by atoms with E-state index in [-0.39, 0.29) is 10.9 Å². The first-order chi connectivity index (χ1) is 4.06. The molecule has 0 radical (unpaired) electrons. The second-order valence-corrected chi connectivity index (χ2v) is 3.21. The summed E-state index contributed by atoms with van der Waals surface area (Å²) < 4.78 is 0. The van der Waals surface area contributed by atoms with E-state index >= 15 is 0 Å². The molecule has 0 bridgehead atoms. The van der Waals surface area contributed by atoms with Crippen molar-refractivity contribution in [2.45, 2.75) is 44.5 Å². The van der Waals surface area contributed by atoms with Gasteiger partial charge in [-0.1, -0.05) is 13.8 Å². The summed E-state index contributed by atoms with van der Waals surface area (Å²) in [7, 11) is 0. The van der Waals surface area contributed by atoms with E-state index in [1.807, 2.05) is 6.92 Å². The molecule has 2 N–H and O–H groups in total. The van der Waals surface area contributed by atoms with E-state index in [0.29, 0.717) is 0 Å². The molecule has 0 aliphatic carbocycles. The van der Waals surface area contributed by atoms with E-state index in [0.717, 1.165) is 12.8 Å². The van der Waals surface area contributed by atoms with Gasteiger partial charge in [0.05, 0.1) is 0 Å². The van der Waals surface area contributed by atoms with Crippen LogP contribution in [0.3, 0.4) is 0 Å². The number of rotatable bonds is 3. The average molecular weight is 150 g/mol. The van der Waals surface area contributed by atoms with E-state index in [4.69, 9.17) is 17.3 Å². The fourth-order valence-electron chi connectivity index (χ4n) is 0.813. The van der Waals surface area contributed by atoms with Crippen molar-refractivity contribution >= 4 is 11.6 Å². The zero-order valence-electron chi connectivity index (χ0n) is 6.45. The Bertz CT molecular complexity index is 77.0. The van der Waals surface area contributed by atoms with Crippen molar-refractivity contribution in [1.82, 2.24) is 0 Å². The normalized spacial score (nSPS) is 15.7. The van der Waals surface area contributed by atoms with Gasteiger partial charge in [-0.25, -0.2) is 0 Å². The van der Waals surface area contributed by atoms with E-state index in [2.05, 4.69) is 13.8 Å². The van der Waals surface area contributed by atoms with Crippen molar-refractivity contribution in [3.05, 3.63) is 0 Å². The SMILES string of the molecule is CCC(N)(CC)C(C)Cl. The van der Waals surface area contributed by atoms with E-state index in [1.54, 1.807) is 0 Å². The Morgan fingerprint density at radius 3 is 1.78 bits per heavy atom. The molecule has 1 nitrogen and oxygen atoms in total. The van der Waals surface area contributed by atoms with Gasteiger partial charge in [-0.2, -0.15) is 0 Å². The minimum Gasteiger partial charge on any atom is -0.324 e. The Balaban J connectivity index is 3.92. The Kier molecular flexibility index (Phi) is 3.52. The number of nitrogens with two attached hydrogens (primary N) is 1. The quantitative estimate of drug-likeness (QED) is 0.612. The first-order valence-corrected chi connectivity index (χ1v) is 3.93. The van der Waals surface area contributed by atoms with Gasteiger partial charge in [-0.15, -0.1) is 11.6 Å². The molecular formula is C7H16ClN. The molecule has 0 heterocycles. The Hall–Kier alpha value is 0.250. The van der Waals surface area contributed by atoms with E-state index in [1.165, 1.54) is 0 Å². The van der Waals surface area contributed by atoms with Gasteiger partial charge in [0.1, 0.15) is 0 Å². The fraction of sp³-hybridized carbons (Fsp3) is 1.00. The molecule has 1 unspecified atom stereocenters. The smallest absolute Gasteiger partial charge is 0.0487 e. The van der Waals surface area contributed by atoms with Gasteiger partial charge >= 0.3 is 0 Å². The predicted octanol–water partition coefficient (Wildman–Crippen LogP) is 2.13. The first-order valence-electron chi connectivity index (χ1n) is 3.49. The second kappa shape index (κ2) is 3.43. The van der Waals surface area contributed by atoms with Crippen molar-refractivity contribution in [2.24, 2.45) is 5.73 Å². The topological polar surface area (TPSA) is 26.0 Å². The maximum absolute atomic E-state index is 5.91. The Labute approximate surface area is 62.6 Å². The molecular weight excluding hydrogens is 134 g/mol. The maximum Gasteiger partial charge on any atom is 0.0487 e. The van der Waals surface area contributed by atoms with Gasteiger partial charge in [0, 0.05) is 10.9 Å². The molecule has 0 saturated heterocycles. The number of alkyl halides is 1. The monoisotopic (exact) mass is 149 g/mol. The van der Waals surface area contributed by atoms with Crippen molar-refractivity contribution in [3.8, 4) is 0 Å². The molecule has 56 valence electrons. The largest absolute Gasteiger partial charge is 0.324 e. The molecule has 9 heavy (non-hydrogen) atoms. The van der Waals surface area contributed by atoms with Crippen LogP contribution in [-0.4, -0.2) is 10.9 Å². The molecule has 0 rings (SSSR count). The van der Waals surface area contributed by atoms with Crippen LogP contribution in [0.25, 0.3) is 0 Å². The van der Waals surface area contributed by atoms with Crippen molar-refractivity contribution in [3.63, 3.8) is 0 Å². The van der Waals surface area contributed by atoms with Gasteiger partial charge < -0.3 is 5.73 Å². The Morgan fingerprint density at radius 2 is 1.78 bits per heavy atom. The third kappa shape index (κ3) is 2.15. The molecule has 2 heteroatoms. The predicted molar refractivity (Wildman–Crippen MR) is 42.8 cm³/mol. The van der Waals surface area contributed by atoms with Crippen LogP contribution in [0.5, 0.6) is 0 Å². The number of halogens is 1. The summed E-state index contributed by atoms with van der Waals surface area (Å²) >= 11 is 5.86. The summed E-state index contributed by atoms with van der Waals surface area (Å²) in [6, 6.07) is 0. The summed E-state index contributed by atoms with van der Waals surface area (Å²) in [5.41, 5.74) is 5.76. The van der Waals surface area contributed by atoms with Crippen LogP contribution in [-0.2, 0) is 0 Å². The lowest BCUT2D eigenvalue weighted by Crippen LogP contribution is -2.45. The lowest BCUT2D eigenvalue weighted by Gasteiger charge is -2.29. The van der Waals surface area contributed by atoms with Gasteiger partial charge in [-0.05, 0) is 19.8 Å². The molecule has 0 aliphatic rings. The summed E-state index contributed by atoms with van der Waals surface area (Å²) in [6.07, 6.45) is 1.91. The molecule has 0 aromatic carbocycles. The van der Waals surface area contributed by atoms with Crippen LogP contribution in [0.1, 0.15) is 33.6 Å². The number of hydrogen-bond donors (Lipinski definition) is 1. The molecule has 0 fully saturated rings. The van der Waals surface area contributed by atoms with E-state index < -0.39 is 0 Å². The third-order valence-corrected chi connectivity index (χ3v) is 2.54. The molecule has 1 atom stereocenters. The van der Waals surface area contributed by atoms with Crippen molar-refractivity contribution in [2.75, 3.05) is 0 Å². The molecule has 0 aliphatic heterocycles. The molecule has 0 saturated carbocycles. The first kappa shape index (κ1) is 9.25. The van der Waals surface area contributed by atoms with Crippen LogP contribution in [0.4, 0.5) is 0 Å². The highest BCUT2D eigenvalue weighted by atomic mass is 35.5. The van der Waals surface area contributed by atoms with Gasteiger partial charge in [0.15, 0.2) is 0 Å². The highest BCUT2D eigenvalue weighted by molar-refractivity contribution is 6.21. The molecule has 0 aromatic rings. The van der Waals surface area contributed by atoms with E-state index in [9.17, 15) is 0 Å². The summed E-state index contributed by atoms with van der Waals surface area (Å²) in [5, 5.41) is 0.0764. The minimum absolute atomic E-state index is 0.0764. The maximum atomic E-state index is 5.91. The molecule has 0 amide bonds. The molecule has 0 aromatic heterocycles. The highest BCUT2D eigenvalue weighted by Crippen LogP contribution is 2.20.